The molecule has 23 heteroatoms. The molecule has 4 rings (SSSR count). The third-order valence-electron chi connectivity index (χ3n) is 14.1. The lowest BCUT2D eigenvalue weighted by molar-refractivity contribution is -0.318. The maximum atomic E-state index is 13.1. The standard InChI is InChI=1S/C53H83NO22/c1-28-17-15-13-11-9-7-5-6-8-10-12-14-16-18-35(73-51-46(65)43(54)44(63)31(4)72-51)24-39-42(50(68)69)38(61)26-53(70,76-39)25-34(58)22-37(60)36(59)20-19-32(56)21-33(57)23-41(62)71-30(3)29(2)49(28)75-52-48(67)47(66)45(64)40(27-55)74-52/h5-18,28-40,42-49,51-52,55-61,63-67,70H,19-27,54H2,1-4H3,(H,68,69)/b6-5+,9-7+,10-8+,13-11+,14-12+,17-15+,18-16+/t28-,29-,30-,31+,32+,33+,34-,35-,36+,37+,38-,39-,40+,42+,43-,44+,45+,46-,47-,48+,49+,51-,52?,53+/m0/s1. The maximum absolute atomic E-state index is 13.1. The molecule has 16 N–H and O–H groups in total. The van der Waals surface area contributed by atoms with Crippen molar-refractivity contribution in [3.63, 3.8) is 0 Å². The zero-order valence-corrected chi connectivity index (χ0v) is 43.3. The van der Waals surface area contributed by atoms with Crippen LogP contribution in [0.4, 0.5) is 0 Å². The molecule has 3 saturated heterocycles. The first-order valence-corrected chi connectivity index (χ1v) is 25.8. The number of carboxylic acids is 1. The highest BCUT2D eigenvalue weighted by Gasteiger charge is 2.51. The van der Waals surface area contributed by atoms with Crippen LogP contribution in [0.2, 0.25) is 0 Å². The molecule has 3 fully saturated rings. The van der Waals surface area contributed by atoms with E-state index in [1.807, 2.05) is 0 Å². The molecule has 0 saturated carbocycles. The molecule has 0 radical (unpaired) electrons. The van der Waals surface area contributed by atoms with Crippen molar-refractivity contribution in [3.8, 4) is 0 Å². The number of rotatable bonds is 6. The first-order chi connectivity index (χ1) is 35.9. The Labute approximate surface area is 442 Å². The van der Waals surface area contributed by atoms with Gasteiger partial charge in [-0.15, -0.1) is 0 Å². The summed E-state index contributed by atoms with van der Waals surface area (Å²) >= 11 is 0. The summed E-state index contributed by atoms with van der Waals surface area (Å²) in [6.45, 7) is 5.92. The zero-order chi connectivity index (χ0) is 56.4. The lowest BCUT2D eigenvalue weighted by Crippen LogP contribution is -2.61. The Morgan fingerprint density at radius 1 is 0.632 bits per heavy atom. The Kier molecular flexibility index (Phi) is 26.7. The molecule has 4 heterocycles. The fourth-order valence-corrected chi connectivity index (χ4v) is 9.54. The van der Waals surface area contributed by atoms with E-state index in [4.69, 9.17) is 34.2 Å². The normalized spacial score (nSPS) is 46.8. The Morgan fingerprint density at radius 3 is 1.80 bits per heavy atom. The van der Waals surface area contributed by atoms with Gasteiger partial charge in [0, 0.05) is 37.5 Å². The second kappa shape index (κ2) is 31.2. The lowest BCUT2D eigenvalue weighted by Gasteiger charge is -2.45. The van der Waals surface area contributed by atoms with Crippen LogP contribution in [0.25, 0.3) is 0 Å². The van der Waals surface area contributed by atoms with Crippen molar-refractivity contribution in [2.45, 2.75) is 207 Å². The average molecular weight is 1090 g/mol. The van der Waals surface area contributed by atoms with Crippen LogP contribution in [0.15, 0.2) is 85.1 Å². The van der Waals surface area contributed by atoms with Crippen molar-refractivity contribution < 1.29 is 110 Å². The van der Waals surface area contributed by atoms with E-state index in [1.165, 1.54) is 13.0 Å². The summed E-state index contributed by atoms with van der Waals surface area (Å²) in [4.78, 5) is 25.6. The summed E-state index contributed by atoms with van der Waals surface area (Å²) in [5.41, 5.74) is 6.04. The van der Waals surface area contributed by atoms with Crippen molar-refractivity contribution >= 4 is 11.9 Å². The molecule has 0 aromatic heterocycles. The van der Waals surface area contributed by atoms with Crippen molar-refractivity contribution in [1.29, 1.82) is 0 Å². The fraction of sp³-hybridized carbons (Fsp3) is 0.698. The van der Waals surface area contributed by atoms with Gasteiger partial charge >= 0.3 is 11.9 Å². The highest BCUT2D eigenvalue weighted by atomic mass is 16.7. The summed E-state index contributed by atoms with van der Waals surface area (Å²) in [6, 6.07) is -1.17. The van der Waals surface area contributed by atoms with Gasteiger partial charge in [-0.1, -0.05) is 98.9 Å². The molecule has 0 aliphatic carbocycles. The number of carbonyl (C=O) groups is 2. The van der Waals surface area contributed by atoms with Gasteiger partial charge in [0.25, 0.3) is 0 Å². The highest BCUT2D eigenvalue weighted by molar-refractivity contribution is 5.71. The van der Waals surface area contributed by atoms with E-state index in [0.717, 1.165) is 0 Å². The molecule has 0 amide bonds. The van der Waals surface area contributed by atoms with Crippen LogP contribution in [0.1, 0.15) is 79.1 Å². The number of carboxylic acid groups (broad SMARTS) is 1. The minimum Gasteiger partial charge on any atom is -0.481 e. The van der Waals surface area contributed by atoms with Crippen molar-refractivity contribution in [2.75, 3.05) is 6.61 Å². The Bertz CT molecular complexity index is 1980. The molecule has 23 nitrogen and oxygen atoms in total. The molecule has 24 atom stereocenters. The van der Waals surface area contributed by atoms with Crippen molar-refractivity contribution in [1.82, 2.24) is 0 Å². The minimum atomic E-state index is -2.36. The summed E-state index contributed by atoms with van der Waals surface area (Å²) in [7, 11) is 0. The first kappa shape index (κ1) is 64.9. The second-order valence-corrected chi connectivity index (χ2v) is 20.4. The van der Waals surface area contributed by atoms with E-state index in [9.17, 15) is 81.1 Å². The average Bonchev–Trinajstić information content (AvgIpc) is 3.34. The molecule has 4 aliphatic heterocycles. The SMILES string of the molecule is C[C@@H]1[C@H](OC2O[C@H](CO)[C@@H](O)[C@H](O)[C@H]2O)[C@@H](C)/C=C/C=C/C=C/C=C/C=C/C=C/C=C/[C@H](O[C@@H]2O[C@H](C)[C@@H](O)[C@H](N)[C@@H]2O)C[C@@H]2O[C@](O)(C[C@@H](O)C[C@@H](O)[C@H](O)CC[C@@H](O)C[C@@H](O)CC(=O)O[C@H]1C)C[C@H](O)[C@H]2C(=O)O. The molecule has 76 heavy (non-hydrogen) atoms. The summed E-state index contributed by atoms with van der Waals surface area (Å²) < 4.78 is 35.2. The van der Waals surface area contributed by atoms with Crippen LogP contribution in [0.5, 0.6) is 0 Å². The van der Waals surface area contributed by atoms with Gasteiger partial charge in [-0.3, -0.25) is 9.59 Å². The van der Waals surface area contributed by atoms with Gasteiger partial charge in [0.1, 0.15) is 42.5 Å². The molecule has 2 bridgehead atoms. The molecular formula is C53H83NO22. The largest absolute Gasteiger partial charge is 0.481 e. The molecule has 0 aromatic carbocycles. The molecule has 432 valence electrons. The first-order valence-electron chi connectivity index (χ1n) is 25.8. The molecule has 1 unspecified atom stereocenters. The van der Waals surface area contributed by atoms with E-state index < -0.39 is 190 Å². The Hall–Kier alpha value is -3.64. The molecule has 0 aromatic rings. The van der Waals surface area contributed by atoms with Crippen LogP contribution in [-0.2, 0) is 38.0 Å². The number of hydrogen-bond acceptors (Lipinski definition) is 22. The van der Waals surface area contributed by atoms with Crippen LogP contribution in [-0.4, -0.2) is 218 Å². The third-order valence-corrected chi connectivity index (χ3v) is 14.1. The van der Waals surface area contributed by atoms with Crippen LogP contribution in [0, 0.1) is 17.8 Å². The van der Waals surface area contributed by atoms with Gasteiger partial charge in [0.05, 0.1) is 86.2 Å². The summed E-state index contributed by atoms with van der Waals surface area (Å²) in [5.74, 6) is -7.38. The number of fused-ring (bicyclic) bond motifs is 2. The van der Waals surface area contributed by atoms with Gasteiger partial charge in [-0.25, -0.2) is 0 Å². The number of carbonyl (C=O) groups excluding carboxylic acids is 1. The monoisotopic (exact) mass is 1090 g/mol. The van der Waals surface area contributed by atoms with E-state index in [0.29, 0.717) is 0 Å². The second-order valence-electron chi connectivity index (χ2n) is 20.4. The smallest absolute Gasteiger partial charge is 0.311 e. The quantitative estimate of drug-likeness (QED) is 0.135. The number of aliphatic hydroxyl groups is 13. The zero-order valence-electron chi connectivity index (χ0n) is 43.3. The number of aliphatic hydroxyl groups excluding tert-OH is 12. The number of cyclic esters (lactones) is 1. The van der Waals surface area contributed by atoms with E-state index >= 15 is 0 Å². The van der Waals surface area contributed by atoms with E-state index in [-0.39, 0.29) is 25.7 Å². The van der Waals surface area contributed by atoms with Gasteiger partial charge in [-0.2, -0.15) is 0 Å². The third kappa shape index (κ3) is 19.6. The predicted molar refractivity (Wildman–Crippen MR) is 270 cm³/mol. The van der Waals surface area contributed by atoms with Crippen LogP contribution >= 0.6 is 0 Å². The number of nitrogens with two attached hydrogens (primary N) is 1. The Morgan fingerprint density at radius 2 is 1.21 bits per heavy atom. The van der Waals surface area contributed by atoms with Crippen LogP contribution < -0.4 is 5.73 Å². The summed E-state index contributed by atoms with van der Waals surface area (Å²) in [6.07, 6.45) is -6.08. The molecular weight excluding hydrogens is 1000 g/mol. The highest BCUT2D eigenvalue weighted by Crippen LogP contribution is 2.38. The molecule has 4 aliphatic rings. The van der Waals surface area contributed by atoms with Gasteiger partial charge in [0.15, 0.2) is 18.4 Å². The summed E-state index contributed by atoms with van der Waals surface area (Å²) in [5, 5.41) is 150. The lowest BCUT2D eigenvalue weighted by atomic mass is 9.82. The Balaban J connectivity index is 1.59. The topological polar surface area (TPSA) is 399 Å². The predicted octanol–water partition coefficient (Wildman–Crippen LogP) is -1.46. The number of esters is 1. The number of ether oxygens (including phenoxy) is 6. The van der Waals surface area contributed by atoms with Gasteiger partial charge in [-0.05, 0) is 33.1 Å². The van der Waals surface area contributed by atoms with Gasteiger partial charge in [0.2, 0.25) is 0 Å². The van der Waals surface area contributed by atoms with Crippen molar-refractivity contribution in [2.24, 2.45) is 23.5 Å². The fourth-order valence-electron chi connectivity index (χ4n) is 9.54. The van der Waals surface area contributed by atoms with Crippen LogP contribution in [0.3, 0.4) is 0 Å². The minimum absolute atomic E-state index is 0.172. The van der Waals surface area contributed by atoms with Gasteiger partial charge < -0.3 is 106 Å². The number of allylic oxidation sites excluding steroid dienone is 12. The number of aliphatic carboxylic acids is 1. The van der Waals surface area contributed by atoms with Crippen molar-refractivity contribution in [3.05, 3.63) is 85.1 Å². The van der Waals surface area contributed by atoms with E-state index in [2.05, 4.69) is 0 Å². The maximum Gasteiger partial charge on any atom is 0.311 e. The number of hydrogen-bond donors (Lipinski definition) is 15. The van der Waals surface area contributed by atoms with E-state index in [1.54, 1.807) is 99.8 Å². The molecule has 0 spiro atoms.